The van der Waals surface area contributed by atoms with Gasteiger partial charge in [-0.15, -0.1) is 0 Å². The second-order valence-corrected chi connectivity index (χ2v) is 11.3. The van der Waals surface area contributed by atoms with Gasteiger partial charge in [0, 0.05) is 24.1 Å². The number of carbonyl (C=O) groups excluding carboxylic acids is 1. The Kier molecular flexibility index (Phi) is 6.83. The number of nitrogens with one attached hydrogen (secondary N) is 1. The van der Waals surface area contributed by atoms with Gasteiger partial charge in [-0.1, -0.05) is 30.3 Å². The molecule has 2 aliphatic rings. The van der Waals surface area contributed by atoms with E-state index in [1.807, 2.05) is 6.07 Å². The van der Waals surface area contributed by atoms with E-state index >= 15 is 8.78 Å². The summed E-state index contributed by atoms with van der Waals surface area (Å²) in [6, 6.07) is 10.4. The molecule has 4 atom stereocenters. The van der Waals surface area contributed by atoms with Gasteiger partial charge in [0.25, 0.3) is 0 Å². The first kappa shape index (κ1) is 23.8. The Morgan fingerprint density at radius 2 is 1.88 bits per heavy atom. The number of hydrogen-bond acceptors (Lipinski definition) is 5. The van der Waals surface area contributed by atoms with Crippen molar-refractivity contribution in [3.8, 4) is 0 Å². The molecule has 33 heavy (non-hydrogen) atoms. The number of nitrogens with two attached hydrogens (primary N) is 1. The zero-order chi connectivity index (χ0) is 23.8. The van der Waals surface area contributed by atoms with E-state index in [-0.39, 0.29) is 36.4 Å². The van der Waals surface area contributed by atoms with Crippen LogP contribution in [0.15, 0.2) is 42.5 Å². The molecule has 0 spiro atoms. The highest BCUT2D eigenvalue weighted by Crippen LogP contribution is 2.34. The molecule has 0 radical (unpaired) electrons. The summed E-state index contributed by atoms with van der Waals surface area (Å²) in [4.78, 5) is 11.9. The van der Waals surface area contributed by atoms with Crippen molar-refractivity contribution in [2.75, 3.05) is 19.8 Å². The number of sulfone groups is 1. The highest BCUT2D eigenvalue weighted by molar-refractivity contribution is 7.92. The van der Waals surface area contributed by atoms with Crippen LogP contribution in [-0.4, -0.2) is 45.4 Å². The largest absolute Gasteiger partial charge is 0.381 e. The van der Waals surface area contributed by atoms with Gasteiger partial charge in [-0.3, -0.25) is 4.79 Å². The Labute approximate surface area is 192 Å². The molecule has 2 aliphatic heterocycles. The van der Waals surface area contributed by atoms with Gasteiger partial charge in [0.1, 0.15) is 11.6 Å². The molecule has 2 fully saturated rings. The minimum absolute atomic E-state index is 0.0395. The fraction of sp³-hybridized carbons (Fsp3) is 0.458. The lowest BCUT2D eigenvalue weighted by Crippen LogP contribution is -2.53. The summed E-state index contributed by atoms with van der Waals surface area (Å²) in [6.45, 7) is 2.90. The second-order valence-electron chi connectivity index (χ2n) is 8.99. The molecule has 3 N–H and O–H groups in total. The molecule has 0 bridgehead atoms. The molecule has 2 heterocycles. The normalized spacial score (nSPS) is 25.8. The molecule has 0 saturated carbocycles. The topological polar surface area (TPSA) is 98.5 Å². The maximum atomic E-state index is 15.1. The lowest BCUT2D eigenvalue weighted by atomic mass is 9.86. The van der Waals surface area contributed by atoms with Gasteiger partial charge < -0.3 is 15.8 Å². The number of primary amides is 1. The van der Waals surface area contributed by atoms with E-state index in [1.165, 1.54) is 0 Å². The van der Waals surface area contributed by atoms with Crippen LogP contribution >= 0.6 is 0 Å². The quantitative estimate of drug-likeness (QED) is 0.638. The van der Waals surface area contributed by atoms with Crippen LogP contribution in [0.4, 0.5) is 8.78 Å². The molecule has 2 aromatic carbocycles. The third kappa shape index (κ3) is 4.81. The molecule has 2 saturated heterocycles. The van der Waals surface area contributed by atoms with Crippen LogP contribution in [0.3, 0.4) is 0 Å². The summed E-state index contributed by atoms with van der Waals surface area (Å²) in [5, 5.41) is 1.50. The van der Waals surface area contributed by atoms with Crippen molar-refractivity contribution in [3.05, 3.63) is 70.8 Å². The van der Waals surface area contributed by atoms with Gasteiger partial charge >= 0.3 is 0 Å². The number of rotatable bonds is 7. The maximum absolute atomic E-state index is 15.1. The highest BCUT2D eigenvalue weighted by atomic mass is 32.2. The Hall–Kier alpha value is -2.36. The van der Waals surface area contributed by atoms with Crippen LogP contribution in [0.2, 0.25) is 0 Å². The third-order valence-electron chi connectivity index (χ3n) is 6.75. The molecule has 4 rings (SSSR count). The molecule has 1 amide bonds. The van der Waals surface area contributed by atoms with Gasteiger partial charge in [-0.05, 0) is 43.0 Å². The van der Waals surface area contributed by atoms with Crippen LogP contribution in [0.1, 0.15) is 41.2 Å². The van der Waals surface area contributed by atoms with Crippen molar-refractivity contribution in [1.29, 1.82) is 0 Å². The van der Waals surface area contributed by atoms with Crippen LogP contribution in [-0.2, 0) is 25.8 Å². The number of carbonyl (C=O) groups is 1. The summed E-state index contributed by atoms with van der Waals surface area (Å²) in [6.07, 6.45) is 0.0995. The van der Waals surface area contributed by atoms with E-state index in [1.54, 1.807) is 31.2 Å². The molecule has 178 valence electrons. The molecule has 0 aliphatic carbocycles. The van der Waals surface area contributed by atoms with Crippen LogP contribution in [0.25, 0.3) is 0 Å². The van der Waals surface area contributed by atoms with Crippen molar-refractivity contribution in [3.63, 3.8) is 0 Å². The van der Waals surface area contributed by atoms with Crippen LogP contribution in [0.5, 0.6) is 0 Å². The fourth-order valence-electron chi connectivity index (χ4n) is 4.70. The van der Waals surface area contributed by atoms with E-state index in [0.29, 0.717) is 18.8 Å². The van der Waals surface area contributed by atoms with E-state index in [4.69, 9.17) is 10.5 Å². The first-order valence-electron chi connectivity index (χ1n) is 11.0. The highest BCUT2D eigenvalue weighted by Gasteiger charge is 2.43. The second kappa shape index (κ2) is 9.48. The van der Waals surface area contributed by atoms with E-state index in [0.717, 1.165) is 12.1 Å². The number of benzene rings is 2. The molecule has 2 aromatic rings. The first-order chi connectivity index (χ1) is 15.7. The molecule has 9 heteroatoms. The van der Waals surface area contributed by atoms with Gasteiger partial charge in [0.2, 0.25) is 5.91 Å². The van der Waals surface area contributed by atoms with E-state index in [9.17, 15) is 13.2 Å². The molecular weight excluding hydrogens is 450 g/mol. The zero-order valence-corrected chi connectivity index (χ0v) is 19.2. The summed E-state index contributed by atoms with van der Waals surface area (Å²) in [5.74, 6) is -3.13. The first-order valence-corrected chi connectivity index (χ1v) is 12.6. The predicted octanol–water partition coefficient (Wildman–Crippen LogP) is 2.63. The van der Waals surface area contributed by atoms with Crippen LogP contribution in [0, 0.1) is 17.6 Å². The number of halogens is 2. The minimum atomic E-state index is -3.69. The maximum Gasteiger partial charge on any atom is 0.225 e. The average Bonchev–Trinajstić information content (AvgIpc) is 2.73. The van der Waals surface area contributed by atoms with Gasteiger partial charge in [0.15, 0.2) is 9.84 Å². The minimum Gasteiger partial charge on any atom is -0.381 e. The van der Waals surface area contributed by atoms with E-state index in [2.05, 4.69) is 5.32 Å². The smallest absolute Gasteiger partial charge is 0.225 e. The van der Waals surface area contributed by atoms with Gasteiger partial charge in [-0.25, -0.2) is 17.2 Å². The standard InChI is InChI=1S/C24H28F2N2O4S/c1-14-22(33(30,31)23(11-28-14)16-5-3-2-4-6-16)9-17-8-21(26)18(10-20(17)25)19(24(27)29)7-15-12-32-13-15/h2-6,8,10,14-15,19,22-23,28H,7,9,11-13H2,1H3,(H2,27,29)/t14-,19+,22?,23-/m0/s1. The Balaban J connectivity index is 1.61. The summed E-state index contributed by atoms with van der Waals surface area (Å²) in [7, 11) is -3.69. The van der Waals surface area contributed by atoms with Crippen molar-refractivity contribution in [2.45, 2.75) is 42.2 Å². The van der Waals surface area contributed by atoms with Crippen molar-refractivity contribution in [1.82, 2.24) is 5.32 Å². The third-order valence-corrected chi connectivity index (χ3v) is 9.41. The number of ether oxygens (including phenoxy) is 1. The number of hydrogen-bond donors (Lipinski definition) is 2. The summed E-state index contributed by atoms with van der Waals surface area (Å²) >= 11 is 0. The number of amides is 1. The summed E-state index contributed by atoms with van der Waals surface area (Å²) < 4.78 is 62.0. The van der Waals surface area contributed by atoms with Crippen LogP contribution < -0.4 is 11.1 Å². The molecular formula is C24H28F2N2O4S. The Morgan fingerprint density at radius 3 is 2.48 bits per heavy atom. The summed E-state index contributed by atoms with van der Waals surface area (Å²) in [5.41, 5.74) is 5.99. The van der Waals surface area contributed by atoms with E-state index < -0.39 is 49.8 Å². The van der Waals surface area contributed by atoms with Gasteiger partial charge in [-0.2, -0.15) is 0 Å². The predicted molar refractivity (Wildman–Crippen MR) is 120 cm³/mol. The molecule has 1 unspecified atom stereocenters. The monoisotopic (exact) mass is 478 g/mol. The fourth-order valence-corrected chi connectivity index (χ4v) is 7.06. The SMILES string of the molecule is C[C@@H]1NC[C@@H](c2ccccc2)S(=O)(=O)C1Cc1cc(F)c([C@@H](CC2COC2)C(N)=O)cc1F. The Bertz CT molecular complexity index is 1120. The lowest BCUT2D eigenvalue weighted by molar-refractivity contribution is -0.121. The van der Waals surface area contributed by atoms with Crippen molar-refractivity contribution >= 4 is 15.7 Å². The lowest BCUT2D eigenvalue weighted by Gasteiger charge is -2.35. The molecule has 6 nitrogen and oxygen atoms in total. The molecule has 0 aromatic heterocycles. The average molecular weight is 479 g/mol. The van der Waals surface area contributed by atoms with Crippen molar-refractivity contribution in [2.24, 2.45) is 11.7 Å². The Morgan fingerprint density at radius 1 is 1.18 bits per heavy atom. The van der Waals surface area contributed by atoms with Crippen molar-refractivity contribution < 1.29 is 26.7 Å². The van der Waals surface area contributed by atoms with Gasteiger partial charge in [0.05, 0.1) is 29.6 Å². The zero-order valence-electron chi connectivity index (χ0n) is 18.3.